The van der Waals surface area contributed by atoms with Crippen LogP contribution in [-0.4, -0.2) is 73.5 Å². The van der Waals surface area contributed by atoms with Crippen LogP contribution < -0.4 is 10.6 Å². The molecule has 3 aromatic carbocycles. The first-order chi connectivity index (χ1) is 19.9. The Balaban J connectivity index is 1.22. The van der Waals surface area contributed by atoms with Gasteiger partial charge >= 0.3 is 12.1 Å². The van der Waals surface area contributed by atoms with E-state index in [-0.39, 0.29) is 38.1 Å². The Hall–Kier alpha value is -4.21. The lowest BCUT2D eigenvalue weighted by atomic mass is 9.98. The molecule has 3 unspecified atom stereocenters. The number of carboxylic acids is 1. The maximum absolute atomic E-state index is 13.2. The number of carbonyl (C=O) groups is 3. The summed E-state index contributed by atoms with van der Waals surface area (Å²) >= 11 is 0. The van der Waals surface area contributed by atoms with E-state index in [1.807, 2.05) is 66.5 Å². The number of nitrogens with one attached hydrogen (secondary N) is 2. The van der Waals surface area contributed by atoms with Crippen LogP contribution in [-0.2, 0) is 25.6 Å². The Bertz CT molecular complexity index is 1340. The molecule has 0 saturated carbocycles. The number of alkyl carbamates (subject to hydrolysis) is 1. The predicted molar refractivity (Wildman–Crippen MR) is 153 cm³/mol. The monoisotopic (exact) mass is 557 g/mol. The molecule has 0 aromatic heterocycles. The largest absolute Gasteiger partial charge is 0.481 e. The zero-order valence-electron chi connectivity index (χ0n) is 23.0. The minimum Gasteiger partial charge on any atom is -0.481 e. The van der Waals surface area contributed by atoms with Crippen LogP contribution in [0.1, 0.15) is 29.0 Å². The molecular formula is C32H35N3O6. The Morgan fingerprint density at radius 3 is 2.24 bits per heavy atom. The molecule has 2 amide bonds. The molecule has 9 nitrogen and oxygen atoms in total. The molecule has 1 aliphatic carbocycles. The van der Waals surface area contributed by atoms with Gasteiger partial charge in [0.05, 0.1) is 18.6 Å². The summed E-state index contributed by atoms with van der Waals surface area (Å²) in [5, 5.41) is 14.8. The highest BCUT2D eigenvalue weighted by atomic mass is 16.5. The van der Waals surface area contributed by atoms with Crippen LogP contribution in [0, 0.1) is 5.92 Å². The highest BCUT2D eigenvalue weighted by Crippen LogP contribution is 2.44. The number of fused-ring (bicyclic) bond motifs is 3. The molecule has 5 rings (SSSR count). The second-order valence-corrected chi connectivity index (χ2v) is 10.7. The van der Waals surface area contributed by atoms with Gasteiger partial charge in [0.25, 0.3) is 0 Å². The minimum absolute atomic E-state index is 0.0946. The normalized spacial score (nSPS) is 18.4. The topological polar surface area (TPSA) is 117 Å². The van der Waals surface area contributed by atoms with Crippen LogP contribution in [0.15, 0.2) is 78.9 Å². The van der Waals surface area contributed by atoms with Gasteiger partial charge in [-0.05, 0) is 41.3 Å². The van der Waals surface area contributed by atoms with E-state index >= 15 is 0 Å². The number of carboxylic acid groups (broad SMARTS) is 1. The summed E-state index contributed by atoms with van der Waals surface area (Å²) in [6.07, 6.45) is -0.742. The fourth-order valence-electron chi connectivity index (χ4n) is 5.61. The van der Waals surface area contributed by atoms with Crippen molar-refractivity contribution >= 4 is 18.0 Å². The number of likely N-dealkylation sites (N-methyl/N-ethyl adjacent to an activating group) is 1. The van der Waals surface area contributed by atoms with Crippen molar-refractivity contribution in [1.82, 2.24) is 15.5 Å². The summed E-state index contributed by atoms with van der Waals surface area (Å²) in [5.41, 5.74) is 5.56. The van der Waals surface area contributed by atoms with Crippen molar-refractivity contribution in [1.29, 1.82) is 0 Å². The van der Waals surface area contributed by atoms with Crippen LogP contribution in [0.25, 0.3) is 11.1 Å². The van der Waals surface area contributed by atoms with E-state index in [2.05, 4.69) is 34.9 Å². The van der Waals surface area contributed by atoms with Gasteiger partial charge in [-0.15, -0.1) is 0 Å². The first-order valence-electron chi connectivity index (χ1n) is 13.8. The second-order valence-electron chi connectivity index (χ2n) is 10.7. The van der Waals surface area contributed by atoms with E-state index in [1.165, 1.54) is 0 Å². The van der Waals surface area contributed by atoms with Crippen LogP contribution in [0.4, 0.5) is 4.79 Å². The molecule has 0 spiro atoms. The van der Waals surface area contributed by atoms with E-state index in [4.69, 9.17) is 9.47 Å². The molecule has 0 radical (unpaired) electrons. The lowest BCUT2D eigenvalue weighted by Gasteiger charge is -2.25. The zero-order chi connectivity index (χ0) is 28.8. The number of ether oxygens (including phenoxy) is 2. The fourth-order valence-corrected chi connectivity index (χ4v) is 5.61. The SMILES string of the molecule is CN(Cc1ccccc1)CC(NC(=O)OCC1c2ccccc2-c2ccccc21)C(=O)NCC1CC(C(=O)O)CO1. The molecule has 2 aliphatic rings. The summed E-state index contributed by atoms with van der Waals surface area (Å²) in [6, 6.07) is 25.2. The number of aliphatic carboxylic acids is 1. The summed E-state index contributed by atoms with van der Waals surface area (Å²) < 4.78 is 11.2. The molecule has 1 heterocycles. The van der Waals surface area contributed by atoms with Crippen molar-refractivity contribution in [3.05, 3.63) is 95.6 Å². The van der Waals surface area contributed by atoms with Gasteiger partial charge in [0.1, 0.15) is 12.6 Å². The first-order valence-corrected chi connectivity index (χ1v) is 13.8. The Labute approximate surface area is 239 Å². The van der Waals surface area contributed by atoms with Gasteiger partial charge in [0.2, 0.25) is 5.91 Å². The van der Waals surface area contributed by atoms with Gasteiger partial charge in [-0.25, -0.2) is 4.79 Å². The standard InChI is InChI=1S/C32H35N3O6/c1-35(17-21-9-3-2-4-10-21)18-29(30(36)33-16-23-15-22(19-40-23)31(37)38)34-32(39)41-20-28-26-13-7-5-11-24(26)25-12-6-8-14-27(25)28/h2-14,22-23,28-29H,15-20H2,1H3,(H,33,36)(H,34,39)(H,37,38). The highest BCUT2D eigenvalue weighted by molar-refractivity contribution is 5.86. The Morgan fingerprint density at radius 2 is 1.61 bits per heavy atom. The van der Waals surface area contributed by atoms with Gasteiger partial charge in [-0.1, -0.05) is 78.9 Å². The van der Waals surface area contributed by atoms with Crippen molar-refractivity contribution in [3.63, 3.8) is 0 Å². The third-order valence-corrected chi connectivity index (χ3v) is 7.68. The molecule has 214 valence electrons. The van der Waals surface area contributed by atoms with E-state index in [1.54, 1.807) is 0 Å². The van der Waals surface area contributed by atoms with Crippen LogP contribution in [0.5, 0.6) is 0 Å². The number of hydrogen-bond acceptors (Lipinski definition) is 6. The Kier molecular flexibility index (Phi) is 8.96. The second kappa shape index (κ2) is 13.0. The summed E-state index contributed by atoms with van der Waals surface area (Å²) in [5.74, 6) is -1.97. The van der Waals surface area contributed by atoms with Crippen molar-refractivity contribution in [2.75, 3.05) is 33.4 Å². The lowest BCUT2D eigenvalue weighted by Crippen LogP contribution is -2.53. The number of rotatable bonds is 11. The molecule has 9 heteroatoms. The molecule has 3 N–H and O–H groups in total. The van der Waals surface area contributed by atoms with E-state index in [0.717, 1.165) is 27.8 Å². The van der Waals surface area contributed by atoms with Crippen molar-refractivity contribution in [2.24, 2.45) is 5.92 Å². The summed E-state index contributed by atoms with van der Waals surface area (Å²) in [7, 11) is 1.88. The minimum atomic E-state index is -0.906. The first kappa shape index (κ1) is 28.3. The van der Waals surface area contributed by atoms with Gasteiger partial charge in [-0.2, -0.15) is 0 Å². The number of amides is 2. The third-order valence-electron chi connectivity index (χ3n) is 7.68. The van der Waals surface area contributed by atoms with Crippen molar-refractivity contribution in [2.45, 2.75) is 31.0 Å². The summed E-state index contributed by atoms with van der Waals surface area (Å²) in [4.78, 5) is 39.5. The highest BCUT2D eigenvalue weighted by Gasteiger charge is 2.33. The average Bonchev–Trinajstić information content (AvgIpc) is 3.58. The van der Waals surface area contributed by atoms with Crippen molar-refractivity contribution in [3.8, 4) is 11.1 Å². The zero-order valence-corrected chi connectivity index (χ0v) is 23.0. The van der Waals surface area contributed by atoms with Gasteiger partial charge in [0, 0.05) is 25.6 Å². The maximum atomic E-state index is 13.2. The van der Waals surface area contributed by atoms with Crippen LogP contribution in [0.2, 0.25) is 0 Å². The number of benzene rings is 3. The molecule has 1 fully saturated rings. The molecular weight excluding hydrogens is 522 g/mol. The van der Waals surface area contributed by atoms with Crippen LogP contribution in [0.3, 0.4) is 0 Å². The number of nitrogens with zero attached hydrogens (tertiary/aromatic N) is 1. The molecule has 1 saturated heterocycles. The van der Waals surface area contributed by atoms with Gasteiger partial charge in [-0.3, -0.25) is 14.5 Å². The van der Waals surface area contributed by atoms with Gasteiger partial charge in [0.15, 0.2) is 0 Å². The van der Waals surface area contributed by atoms with Crippen LogP contribution >= 0.6 is 0 Å². The third kappa shape index (κ3) is 6.93. The number of carbonyl (C=O) groups excluding carboxylic acids is 2. The van der Waals surface area contributed by atoms with Gasteiger partial charge < -0.3 is 25.2 Å². The lowest BCUT2D eigenvalue weighted by molar-refractivity contribution is -0.141. The maximum Gasteiger partial charge on any atom is 0.407 e. The molecule has 0 bridgehead atoms. The fraction of sp³-hybridized carbons (Fsp3) is 0.344. The van der Waals surface area contributed by atoms with Crippen molar-refractivity contribution < 1.29 is 29.0 Å². The number of hydrogen-bond donors (Lipinski definition) is 3. The quantitative estimate of drug-likeness (QED) is 0.330. The average molecular weight is 558 g/mol. The summed E-state index contributed by atoms with van der Waals surface area (Å²) in [6.45, 7) is 1.25. The smallest absolute Gasteiger partial charge is 0.407 e. The predicted octanol–water partition coefficient (Wildman–Crippen LogP) is 3.63. The van der Waals surface area contributed by atoms with E-state index in [0.29, 0.717) is 13.0 Å². The molecule has 41 heavy (non-hydrogen) atoms. The Morgan fingerprint density at radius 1 is 0.976 bits per heavy atom. The van der Waals surface area contributed by atoms with E-state index < -0.39 is 30.1 Å². The molecule has 3 atom stereocenters. The van der Waals surface area contributed by atoms with E-state index in [9.17, 15) is 19.5 Å². The molecule has 3 aromatic rings. The molecule has 1 aliphatic heterocycles.